The second kappa shape index (κ2) is 11.3. The van der Waals surface area contributed by atoms with Gasteiger partial charge in [-0.2, -0.15) is 0 Å². The van der Waals surface area contributed by atoms with E-state index in [1.54, 1.807) is 0 Å². The molecule has 1 amide bonds. The molecule has 0 spiro atoms. The van der Waals surface area contributed by atoms with E-state index in [2.05, 4.69) is 19.7 Å². The summed E-state index contributed by atoms with van der Waals surface area (Å²) in [6, 6.07) is 9.76. The fourth-order valence-corrected chi connectivity index (χ4v) is 2.73. The molecule has 0 bridgehead atoms. The highest BCUT2D eigenvalue weighted by molar-refractivity contribution is 5.68. The van der Waals surface area contributed by atoms with Gasteiger partial charge in [-0.25, -0.2) is 4.79 Å². The van der Waals surface area contributed by atoms with Crippen molar-refractivity contribution in [1.82, 2.24) is 4.90 Å². The van der Waals surface area contributed by atoms with Crippen LogP contribution < -0.4 is 0 Å². The van der Waals surface area contributed by atoms with Crippen LogP contribution in [0.3, 0.4) is 0 Å². The van der Waals surface area contributed by atoms with Crippen LogP contribution in [0.2, 0.25) is 0 Å². The Morgan fingerprint density at radius 3 is 2.28 bits per heavy atom. The normalized spacial score (nSPS) is 10.4. The summed E-state index contributed by atoms with van der Waals surface area (Å²) in [5, 5.41) is 0. The fourth-order valence-electron chi connectivity index (χ4n) is 2.73. The first-order valence-corrected chi connectivity index (χ1v) is 8.81. The lowest BCUT2D eigenvalue weighted by atomic mass is 10.00. The molecule has 3 nitrogen and oxygen atoms in total. The van der Waals surface area contributed by atoms with Gasteiger partial charge >= 0.3 is 6.09 Å². The molecule has 0 N–H and O–H groups in total. The third kappa shape index (κ3) is 8.39. The average molecular weight is 341 g/mol. The molecule has 0 radical (unpaired) electrons. The summed E-state index contributed by atoms with van der Waals surface area (Å²) in [4.78, 5) is 14.6. The number of carbonyl (C=O) groups excluding carboxylic acids is 1. The number of hydrogen-bond donors (Lipinski definition) is 0. The molecule has 0 unspecified atom stereocenters. The fraction of sp³-hybridized carbons (Fsp3) is 0.409. The minimum Gasteiger partial charge on any atom is -0.445 e. The highest BCUT2D eigenvalue weighted by Crippen LogP contribution is 2.20. The topological polar surface area (TPSA) is 29.5 Å². The second-order valence-electron chi connectivity index (χ2n) is 6.64. The summed E-state index contributed by atoms with van der Waals surface area (Å²) in [7, 11) is 0. The standard InChI is InChI=1S/C22H31NO2/c1-6-7-11-14-23(21(15-18(2)3)16-19(4)5)22(24)25-17-20-12-9-8-10-13-20/h6,8-10,12-13,21H,1-2,4,7,11,14-17H2,3,5H3. The van der Waals surface area contributed by atoms with Crippen LogP contribution in [0.25, 0.3) is 0 Å². The number of allylic oxidation sites excluding steroid dienone is 1. The molecule has 0 aliphatic carbocycles. The van der Waals surface area contributed by atoms with Crippen LogP contribution in [0.15, 0.2) is 67.3 Å². The van der Waals surface area contributed by atoms with Crippen molar-refractivity contribution in [3.8, 4) is 0 Å². The number of benzene rings is 1. The van der Waals surface area contributed by atoms with E-state index in [0.717, 1.165) is 42.4 Å². The molecule has 25 heavy (non-hydrogen) atoms. The Labute approximate surface area is 152 Å². The highest BCUT2D eigenvalue weighted by atomic mass is 16.6. The molecular formula is C22H31NO2. The lowest BCUT2D eigenvalue weighted by molar-refractivity contribution is 0.0795. The first kappa shape index (κ1) is 20.8. The Kier molecular flexibility index (Phi) is 9.38. The summed E-state index contributed by atoms with van der Waals surface area (Å²) in [6.45, 7) is 16.7. The van der Waals surface area contributed by atoms with Crippen molar-refractivity contribution in [3.63, 3.8) is 0 Å². The zero-order valence-corrected chi connectivity index (χ0v) is 15.7. The van der Waals surface area contributed by atoms with Crippen molar-refractivity contribution >= 4 is 6.09 Å². The highest BCUT2D eigenvalue weighted by Gasteiger charge is 2.24. The molecule has 0 saturated carbocycles. The van der Waals surface area contributed by atoms with E-state index >= 15 is 0 Å². The van der Waals surface area contributed by atoms with Crippen molar-refractivity contribution in [2.24, 2.45) is 0 Å². The van der Waals surface area contributed by atoms with Crippen LogP contribution in [-0.4, -0.2) is 23.6 Å². The monoisotopic (exact) mass is 341 g/mol. The first-order chi connectivity index (χ1) is 11.9. The Morgan fingerprint density at radius 2 is 1.76 bits per heavy atom. The number of ether oxygens (including phenoxy) is 1. The Bertz CT molecular complexity index is 561. The maximum atomic E-state index is 12.7. The molecule has 1 aromatic rings. The molecule has 136 valence electrons. The molecular weight excluding hydrogens is 310 g/mol. The van der Waals surface area contributed by atoms with Crippen molar-refractivity contribution in [1.29, 1.82) is 0 Å². The Morgan fingerprint density at radius 1 is 1.16 bits per heavy atom. The maximum Gasteiger partial charge on any atom is 0.410 e. The molecule has 0 aliphatic heterocycles. The van der Waals surface area contributed by atoms with Crippen LogP contribution in [0.5, 0.6) is 0 Å². The van der Waals surface area contributed by atoms with E-state index in [1.165, 1.54) is 0 Å². The van der Waals surface area contributed by atoms with E-state index < -0.39 is 0 Å². The van der Waals surface area contributed by atoms with E-state index in [4.69, 9.17) is 4.74 Å². The third-order valence-electron chi connectivity index (χ3n) is 3.86. The predicted octanol–water partition coefficient (Wildman–Crippen LogP) is 5.89. The zero-order chi connectivity index (χ0) is 18.7. The van der Waals surface area contributed by atoms with Gasteiger partial charge in [0.05, 0.1) is 0 Å². The summed E-state index contributed by atoms with van der Waals surface area (Å²) < 4.78 is 5.57. The number of nitrogens with zero attached hydrogens (tertiary/aromatic N) is 1. The van der Waals surface area contributed by atoms with E-state index in [1.807, 2.05) is 55.2 Å². The predicted molar refractivity (Wildman–Crippen MR) is 105 cm³/mol. The van der Waals surface area contributed by atoms with Crippen molar-refractivity contribution < 1.29 is 9.53 Å². The quantitative estimate of drug-likeness (QED) is 0.371. The largest absolute Gasteiger partial charge is 0.445 e. The van der Waals surface area contributed by atoms with Crippen LogP contribution in [0, 0.1) is 0 Å². The van der Waals surface area contributed by atoms with E-state index in [0.29, 0.717) is 6.54 Å². The molecule has 0 atom stereocenters. The Hall–Kier alpha value is -2.29. The van der Waals surface area contributed by atoms with Gasteiger partial charge in [0.2, 0.25) is 0 Å². The van der Waals surface area contributed by atoms with Crippen molar-refractivity contribution in [2.45, 2.75) is 52.2 Å². The van der Waals surface area contributed by atoms with Gasteiger partial charge in [0.1, 0.15) is 6.61 Å². The van der Waals surface area contributed by atoms with Gasteiger partial charge in [-0.1, -0.05) is 47.6 Å². The molecule has 1 aromatic carbocycles. The minimum absolute atomic E-state index is 0.0306. The minimum atomic E-state index is -0.277. The molecule has 0 heterocycles. The van der Waals surface area contributed by atoms with Gasteiger partial charge in [0, 0.05) is 12.6 Å². The number of rotatable bonds is 11. The van der Waals surface area contributed by atoms with Gasteiger partial charge in [-0.05, 0) is 45.1 Å². The van der Waals surface area contributed by atoms with Crippen LogP contribution in [0.1, 0.15) is 45.1 Å². The number of unbranched alkanes of at least 4 members (excludes halogenated alkanes) is 1. The lowest BCUT2D eigenvalue weighted by Gasteiger charge is -2.31. The van der Waals surface area contributed by atoms with Crippen molar-refractivity contribution in [2.75, 3.05) is 6.54 Å². The second-order valence-corrected chi connectivity index (χ2v) is 6.64. The lowest BCUT2D eigenvalue weighted by Crippen LogP contribution is -2.41. The smallest absolute Gasteiger partial charge is 0.410 e. The molecule has 0 aromatic heterocycles. The molecule has 0 aliphatic rings. The maximum absolute atomic E-state index is 12.7. The van der Waals surface area contributed by atoms with Gasteiger partial charge < -0.3 is 9.64 Å². The van der Waals surface area contributed by atoms with E-state index in [-0.39, 0.29) is 18.7 Å². The molecule has 0 fully saturated rings. The SMILES string of the molecule is C=CCCCN(C(=O)OCc1ccccc1)C(CC(=C)C)CC(=C)C. The summed E-state index contributed by atoms with van der Waals surface area (Å²) >= 11 is 0. The van der Waals surface area contributed by atoms with Gasteiger partial charge in [0.15, 0.2) is 0 Å². The first-order valence-electron chi connectivity index (χ1n) is 8.81. The van der Waals surface area contributed by atoms with Crippen molar-refractivity contribution in [3.05, 3.63) is 72.9 Å². The number of carbonyl (C=O) groups is 1. The third-order valence-corrected chi connectivity index (χ3v) is 3.86. The van der Waals surface area contributed by atoms with Crippen LogP contribution in [-0.2, 0) is 11.3 Å². The van der Waals surface area contributed by atoms with Gasteiger partial charge in [-0.3, -0.25) is 0 Å². The van der Waals surface area contributed by atoms with Gasteiger partial charge in [-0.15, -0.1) is 19.7 Å². The van der Waals surface area contributed by atoms with Gasteiger partial charge in [0.25, 0.3) is 0 Å². The number of hydrogen-bond acceptors (Lipinski definition) is 2. The summed E-state index contributed by atoms with van der Waals surface area (Å²) in [5.74, 6) is 0. The molecule has 0 saturated heterocycles. The average Bonchev–Trinajstić information content (AvgIpc) is 2.56. The Balaban J connectivity index is 2.82. The summed E-state index contributed by atoms with van der Waals surface area (Å²) in [5.41, 5.74) is 3.09. The molecule has 3 heteroatoms. The van der Waals surface area contributed by atoms with Crippen LogP contribution >= 0.6 is 0 Å². The zero-order valence-electron chi connectivity index (χ0n) is 15.7. The number of amides is 1. The van der Waals surface area contributed by atoms with E-state index in [9.17, 15) is 4.79 Å². The summed E-state index contributed by atoms with van der Waals surface area (Å²) in [6.07, 6.45) is 4.84. The molecule has 1 rings (SSSR count). The van der Waals surface area contributed by atoms with Crippen LogP contribution in [0.4, 0.5) is 4.79 Å².